The van der Waals surface area contributed by atoms with E-state index in [9.17, 15) is 34.3 Å². The Morgan fingerprint density at radius 3 is 2.00 bits per heavy atom. The van der Waals surface area contributed by atoms with Crippen molar-refractivity contribution in [1.29, 1.82) is 5.26 Å². The standard InChI is InChI=1S/C57H77ClN6O13/c1-36(63(9)54(69)70)48(65)61-47(55(2,3)4)51(68)64-22-12-15-44(64)50(67)60-46-42-14-11-10-13-38(42)33-45(46)76-32-30-74-28-26-72-24-23-71-25-27-73-29-31-75-40-19-16-37(17-20-40)49(66)62-52-56(5,6)53(57(52,7)8)77-41-21-18-39(35-59)43(58)34-41/h10-11,13-14,16-21,34,36,44-47,52-53H,12,15,22-33H2,1-9H3,(H,60,67)(H,61,65)(H,62,66)(H,69,70)/t36-,44?,45+,46-,47+,52?,53?/m0/s1. The van der Waals surface area contributed by atoms with Gasteiger partial charge in [-0.25, -0.2) is 4.79 Å². The number of hydrogen-bond acceptors (Lipinski definition) is 13. The Labute approximate surface area is 457 Å². The molecule has 3 aromatic carbocycles. The van der Waals surface area contributed by atoms with Crippen LogP contribution in [0.4, 0.5) is 4.79 Å². The molecule has 0 radical (unpaired) electrons. The Balaban J connectivity index is 0.807. The molecule has 19 nitrogen and oxygen atoms in total. The monoisotopic (exact) mass is 1090 g/mol. The number of likely N-dealkylation sites (N-methyl/N-ethyl adjacent to an activating group) is 1. The smallest absolute Gasteiger partial charge is 0.407 e. The zero-order valence-electron chi connectivity index (χ0n) is 45.9. The van der Waals surface area contributed by atoms with Crippen LogP contribution in [0, 0.1) is 27.6 Å². The first-order chi connectivity index (χ1) is 36.6. The molecule has 2 aliphatic carbocycles. The first-order valence-electron chi connectivity index (χ1n) is 26.3. The van der Waals surface area contributed by atoms with Gasteiger partial charge in [-0.05, 0) is 72.7 Å². The average Bonchev–Trinajstić information content (AvgIpc) is 4.10. The molecule has 1 saturated carbocycles. The number of amides is 5. The van der Waals surface area contributed by atoms with Crippen molar-refractivity contribution < 1.29 is 62.2 Å². The van der Waals surface area contributed by atoms with Crippen molar-refractivity contribution >= 4 is 41.3 Å². The van der Waals surface area contributed by atoms with E-state index in [1.165, 1.54) is 18.9 Å². The van der Waals surface area contributed by atoms with Crippen molar-refractivity contribution in [3.05, 3.63) is 94.0 Å². The molecule has 0 bridgehead atoms. The molecule has 420 valence electrons. The summed E-state index contributed by atoms with van der Waals surface area (Å²) < 4.78 is 41.1. The fraction of sp³-hybridized carbons (Fsp3) is 0.579. The maximum absolute atomic E-state index is 14.1. The number of halogens is 1. The number of hydrogen-bond donors (Lipinski definition) is 4. The van der Waals surface area contributed by atoms with Crippen molar-refractivity contribution in [3.8, 4) is 17.6 Å². The molecule has 2 fully saturated rings. The van der Waals surface area contributed by atoms with Gasteiger partial charge in [0.15, 0.2) is 0 Å². The maximum Gasteiger partial charge on any atom is 0.407 e. The lowest BCUT2D eigenvalue weighted by atomic mass is 9.49. The zero-order valence-corrected chi connectivity index (χ0v) is 46.6. The van der Waals surface area contributed by atoms with Crippen LogP contribution < -0.4 is 25.4 Å². The minimum Gasteiger partial charge on any atom is -0.491 e. The summed E-state index contributed by atoms with van der Waals surface area (Å²) in [6.45, 7) is 19.1. The van der Waals surface area contributed by atoms with Gasteiger partial charge in [0.25, 0.3) is 5.91 Å². The van der Waals surface area contributed by atoms with Crippen LogP contribution in [0.5, 0.6) is 11.5 Å². The van der Waals surface area contributed by atoms with E-state index < -0.39 is 47.5 Å². The molecule has 3 aliphatic rings. The summed E-state index contributed by atoms with van der Waals surface area (Å²) in [4.78, 5) is 68.4. The second kappa shape index (κ2) is 27.0. The van der Waals surface area contributed by atoms with Gasteiger partial charge in [-0.15, -0.1) is 0 Å². The van der Waals surface area contributed by atoms with Crippen LogP contribution in [0.1, 0.15) is 101 Å². The molecular formula is C57H77ClN6O13. The fourth-order valence-corrected chi connectivity index (χ4v) is 10.8. The lowest BCUT2D eigenvalue weighted by Crippen LogP contribution is -2.74. The van der Waals surface area contributed by atoms with Gasteiger partial charge in [0.2, 0.25) is 17.7 Å². The van der Waals surface area contributed by atoms with Crippen LogP contribution >= 0.6 is 11.6 Å². The van der Waals surface area contributed by atoms with E-state index in [1.807, 2.05) is 45.0 Å². The SMILES string of the molecule is C[C@@H](C(=O)N[C@H](C(=O)N1CCCC1C(=O)N[C@H]1c2ccccc2C[C@H]1OCCOCCOCCOCCOCCOc1ccc(C(=O)NC2C(C)(C)C(Oc3ccc(C#N)c(Cl)c3)C2(C)C)cc1)C(C)(C)C)N(C)C(=O)O. The van der Waals surface area contributed by atoms with Crippen molar-refractivity contribution in [1.82, 2.24) is 25.8 Å². The lowest BCUT2D eigenvalue weighted by molar-refractivity contribution is -0.164. The van der Waals surface area contributed by atoms with Crippen LogP contribution in [-0.4, -0.2) is 161 Å². The van der Waals surface area contributed by atoms with Crippen molar-refractivity contribution in [2.45, 2.75) is 117 Å². The molecule has 1 heterocycles. The van der Waals surface area contributed by atoms with E-state index in [0.717, 1.165) is 16.0 Å². The van der Waals surface area contributed by atoms with E-state index in [1.54, 1.807) is 42.5 Å². The quantitative estimate of drug-likeness (QED) is 0.0590. The van der Waals surface area contributed by atoms with E-state index in [0.29, 0.717) is 113 Å². The number of carbonyl (C=O) groups is 5. The molecule has 0 aromatic heterocycles. The molecule has 4 N–H and O–H groups in total. The predicted octanol–water partition coefficient (Wildman–Crippen LogP) is 6.59. The number of rotatable bonds is 27. The molecule has 1 unspecified atom stereocenters. The minimum absolute atomic E-state index is 0.166. The van der Waals surface area contributed by atoms with Crippen molar-refractivity contribution in [2.75, 3.05) is 79.7 Å². The van der Waals surface area contributed by atoms with Gasteiger partial charge in [-0.3, -0.25) is 24.1 Å². The van der Waals surface area contributed by atoms with Gasteiger partial charge < -0.3 is 59.1 Å². The average molecular weight is 1090 g/mol. The second-order valence-electron chi connectivity index (χ2n) is 22.0. The summed E-state index contributed by atoms with van der Waals surface area (Å²) in [6, 6.07) is 18.5. The van der Waals surface area contributed by atoms with Crippen LogP contribution in [0.3, 0.4) is 0 Å². The summed E-state index contributed by atoms with van der Waals surface area (Å²) >= 11 is 6.23. The highest BCUT2D eigenvalue weighted by molar-refractivity contribution is 6.31. The van der Waals surface area contributed by atoms with Gasteiger partial charge in [0.1, 0.15) is 48.4 Å². The Bertz CT molecular complexity index is 2530. The Kier molecular flexibility index (Phi) is 21.1. The second-order valence-corrected chi connectivity index (χ2v) is 22.4. The Morgan fingerprint density at radius 2 is 1.42 bits per heavy atom. The maximum atomic E-state index is 14.1. The van der Waals surface area contributed by atoms with Crippen LogP contribution in [-0.2, 0) is 44.5 Å². The first kappa shape index (κ1) is 60.2. The normalized spacial score (nSPS) is 20.9. The zero-order chi connectivity index (χ0) is 56.1. The predicted molar refractivity (Wildman–Crippen MR) is 287 cm³/mol. The Hall–Kier alpha value is -6.01. The van der Waals surface area contributed by atoms with Gasteiger partial charge in [-0.2, -0.15) is 5.26 Å². The van der Waals surface area contributed by atoms with Crippen molar-refractivity contribution in [3.63, 3.8) is 0 Å². The molecule has 5 atom stereocenters. The third-order valence-corrected chi connectivity index (χ3v) is 15.0. The molecule has 6 rings (SSSR count). The number of nitriles is 1. The van der Waals surface area contributed by atoms with Gasteiger partial charge in [0, 0.05) is 48.5 Å². The molecule has 1 saturated heterocycles. The molecule has 0 spiro atoms. The third-order valence-electron chi connectivity index (χ3n) is 14.7. The summed E-state index contributed by atoms with van der Waals surface area (Å²) in [7, 11) is 1.29. The third kappa shape index (κ3) is 15.4. The number of ether oxygens (including phenoxy) is 7. The molecular weight excluding hydrogens is 1010 g/mol. The highest BCUT2D eigenvalue weighted by Gasteiger charge is 2.64. The highest BCUT2D eigenvalue weighted by atomic mass is 35.5. The summed E-state index contributed by atoms with van der Waals surface area (Å²) in [5.41, 5.74) is 1.41. The molecule has 1 aliphatic heterocycles. The number of nitrogens with one attached hydrogen (secondary N) is 3. The van der Waals surface area contributed by atoms with Gasteiger partial charge in [-0.1, -0.05) is 84.3 Å². The van der Waals surface area contributed by atoms with Crippen LogP contribution in [0.25, 0.3) is 0 Å². The number of nitrogens with zero attached hydrogens (tertiary/aromatic N) is 3. The highest BCUT2D eigenvalue weighted by Crippen LogP contribution is 2.55. The van der Waals surface area contributed by atoms with Crippen LogP contribution in [0.15, 0.2) is 66.7 Å². The summed E-state index contributed by atoms with van der Waals surface area (Å²) in [6.07, 6.45) is -0.174. The lowest BCUT2D eigenvalue weighted by Gasteiger charge is -2.63. The molecule has 3 aromatic rings. The number of benzene rings is 3. The van der Waals surface area contributed by atoms with Crippen molar-refractivity contribution in [2.24, 2.45) is 16.2 Å². The fourth-order valence-electron chi connectivity index (χ4n) is 10.6. The number of carboxylic acid groups (broad SMARTS) is 1. The number of fused-ring (bicyclic) bond motifs is 1. The topological polar surface area (TPSA) is 237 Å². The molecule has 20 heteroatoms. The van der Waals surface area contributed by atoms with Crippen LogP contribution in [0.2, 0.25) is 5.02 Å². The van der Waals surface area contributed by atoms with Gasteiger partial charge in [0.05, 0.1) is 82.2 Å². The van der Waals surface area contributed by atoms with E-state index in [2.05, 4.69) is 49.7 Å². The number of carbonyl (C=O) groups excluding carboxylic acids is 4. The largest absolute Gasteiger partial charge is 0.491 e. The summed E-state index contributed by atoms with van der Waals surface area (Å²) in [5.74, 6) is -0.305. The van der Waals surface area contributed by atoms with E-state index in [-0.39, 0.29) is 47.5 Å². The first-order valence-corrected chi connectivity index (χ1v) is 26.7. The van der Waals surface area contributed by atoms with E-state index >= 15 is 0 Å². The van der Waals surface area contributed by atoms with Gasteiger partial charge >= 0.3 is 6.09 Å². The van der Waals surface area contributed by atoms with E-state index in [4.69, 9.17) is 44.8 Å². The molecule has 77 heavy (non-hydrogen) atoms. The minimum atomic E-state index is -1.27. The Morgan fingerprint density at radius 1 is 0.831 bits per heavy atom. The number of likely N-dealkylation sites (tertiary alicyclic amines) is 1. The molecule has 5 amide bonds. The summed E-state index contributed by atoms with van der Waals surface area (Å²) in [5, 5.41) is 28.1.